The van der Waals surface area contributed by atoms with Gasteiger partial charge in [-0.05, 0) is 18.9 Å². The van der Waals surface area contributed by atoms with E-state index in [1.165, 1.54) is 0 Å². The zero-order chi connectivity index (χ0) is 10.1. The zero-order valence-electron chi connectivity index (χ0n) is 7.80. The van der Waals surface area contributed by atoms with E-state index >= 15 is 0 Å². The molecule has 76 valence electrons. The Morgan fingerprint density at radius 3 is 2.62 bits per heavy atom. The van der Waals surface area contributed by atoms with Gasteiger partial charge in [0.15, 0.2) is 0 Å². The smallest absolute Gasteiger partial charge is 0.211 e. The van der Waals surface area contributed by atoms with Gasteiger partial charge >= 0.3 is 0 Å². The summed E-state index contributed by atoms with van der Waals surface area (Å²) in [5.74, 6) is 0. The summed E-state index contributed by atoms with van der Waals surface area (Å²) in [4.78, 5) is 13.8. The third kappa shape index (κ3) is 8.51. The van der Waals surface area contributed by atoms with Crippen LogP contribution in [-0.2, 0) is 4.79 Å². The SMILES string of the molecule is CCCCC(CC[SiH](Cl)Cl)N=C=O. The topological polar surface area (TPSA) is 29.4 Å². The second kappa shape index (κ2) is 8.76. The molecule has 0 aliphatic heterocycles. The number of aliphatic imine (C=N–C) groups is 1. The highest BCUT2D eigenvalue weighted by molar-refractivity contribution is 7.33. The van der Waals surface area contributed by atoms with Crippen molar-refractivity contribution >= 4 is 35.7 Å². The molecule has 0 amide bonds. The van der Waals surface area contributed by atoms with E-state index in [4.69, 9.17) is 22.2 Å². The van der Waals surface area contributed by atoms with Crippen molar-refractivity contribution in [1.29, 1.82) is 0 Å². The minimum absolute atomic E-state index is 0.0879. The lowest BCUT2D eigenvalue weighted by Gasteiger charge is -2.08. The van der Waals surface area contributed by atoms with Gasteiger partial charge in [-0.15, -0.1) is 0 Å². The maximum Gasteiger partial charge on any atom is 0.237 e. The monoisotopic (exact) mass is 239 g/mol. The second-order valence-corrected chi connectivity index (χ2v) is 8.18. The van der Waals surface area contributed by atoms with Crippen LogP contribution in [0.15, 0.2) is 4.99 Å². The lowest BCUT2D eigenvalue weighted by atomic mass is 10.1. The van der Waals surface area contributed by atoms with Gasteiger partial charge in [0, 0.05) is 0 Å². The lowest BCUT2D eigenvalue weighted by Crippen LogP contribution is -2.06. The fourth-order valence-corrected chi connectivity index (χ4v) is 2.50. The number of carbonyl (C=O) groups excluding carboxylic acids is 1. The highest BCUT2D eigenvalue weighted by Crippen LogP contribution is 2.15. The number of halogens is 2. The Hall–Kier alpha value is 0.177. The predicted octanol–water partition coefficient (Wildman–Crippen LogP) is 2.97. The van der Waals surface area contributed by atoms with Crippen LogP contribution < -0.4 is 0 Å². The van der Waals surface area contributed by atoms with Gasteiger partial charge in [-0.25, -0.2) is 9.79 Å². The van der Waals surface area contributed by atoms with Crippen molar-refractivity contribution in [1.82, 2.24) is 0 Å². The quantitative estimate of drug-likeness (QED) is 0.291. The number of rotatable bonds is 7. The van der Waals surface area contributed by atoms with Crippen molar-refractivity contribution in [3.8, 4) is 0 Å². The van der Waals surface area contributed by atoms with E-state index in [2.05, 4.69) is 11.9 Å². The van der Waals surface area contributed by atoms with E-state index in [-0.39, 0.29) is 6.04 Å². The van der Waals surface area contributed by atoms with Gasteiger partial charge in [0.05, 0.1) is 6.04 Å². The van der Waals surface area contributed by atoms with E-state index in [0.29, 0.717) is 0 Å². The van der Waals surface area contributed by atoms with Gasteiger partial charge in [0.1, 0.15) is 0 Å². The summed E-state index contributed by atoms with van der Waals surface area (Å²) >= 11 is 11.4. The van der Waals surface area contributed by atoms with Crippen molar-refractivity contribution in [2.75, 3.05) is 0 Å². The van der Waals surface area contributed by atoms with Crippen LogP contribution in [-0.4, -0.2) is 19.5 Å². The fraction of sp³-hybridized carbons (Fsp3) is 0.875. The molecule has 13 heavy (non-hydrogen) atoms. The minimum atomic E-state index is -1.53. The average Bonchev–Trinajstić information content (AvgIpc) is 2.09. The van der Waals surface area contributed by atoms with Crippen molar-refractivity contribution in [2.24, 2.45) is 4.99 Å². The second-order valence-electron chi connectivity index (χ2n) is 2.98. The molecular weight excluding hydrogens is 225 g/mol. The van der Waals surface area contributed by atoms with Crippen LogP contribution >= 0.6 is 22.2 Å². The van der Waals surface area contributed by atoms with Crippen molar-refractivity contribution < 1.29 is 4.79 Å². The van der Waals surface area contributed by atoms with Crippen LogP contribution in [0.25, 0.3) is 0 Å². The molecule has 0 heterocycles. The summed E-state index contributed by atoms with van der Waals surface area (Å²) in [7, 11) is -1.53. The summed E-state index contributed by atoms with van der Waals surface area (Å²) in [6.45, 7) is 2.11. The molecule has 1 atom stereocenters. The highest BCUT2D eigenvalue weighted by atomic mass is 35.7. The van der Waals surface area contributed by atoms with Crippen molar-refractivity contribution in [3.05, 3.63) is 0 Å². The Morgan fingerprint density at radius 1 is 1.46 bits per heavy atom. The van der Waals surface area contributed by atoms with Crippen LogP contribution in [0.4, 0.5) is 0 Å². The number of unbranched alkanes of at least 4 members (excludes halogenated alkanes) is 1. The molecule has 0 N–H and O–H groups in total. The van der Waals surface area contributed by atoms with Gasteiger partial charge in [0.2, 0.25) is 13.5 Å². The van der Waals surface area contributed by atoms with Gasteiger partial charge in [0.25, 0.3) is 0 Å². The predicted molar refractivity (Wildman–Crippen MR) is 59.7 cm³/mol. The van der Waals surface area contributed by atoms with E-state index in [1.807, 2.05) is 0 Å². The third-order valence-electron chi connectivity index (χ3n) is 1.84. The van der Waals surface area contributed by atoms with Crippen molar-refractivity contribution in [2.45, 2.75) is 44.7 Å². The number of nitrogens with zero attached hydrogens (tertiary/aromatic N) is 1. The third-order valence-corrected chi connectivity index (χ3v) is 3.92. The summed E-state index contributed by atoms with van der Waals surface area (Å²) in [6.07, 6.45) is 5.59. The molecule has 0 aromatic carbocycles. The first kappa shape index (κ1) is 13.2. The van der Waals surface area contributed by atoms with Crippen LogP contribution in [0.1, 0.15) is 32.6 Å². The van der Waals surface area contributed by atoms with Gasteiger partial charge in [-0.1, -0.05) is 19.8 Å². The minimum Gasteiger partial charge on any atom is -0.211 e. The molecule has 0 spiro atoms. The first-order valence-corrected chi connectivity index (χ1v) is 8.86. The maximum atomic E-state index is 10.1. The van der Waals surface area contributed by atoms with E-state index in [0.717, 1.165) is 31.7 Å². The van der Waals surface area contributed by atoms with Crippen LogP contribution in [0.2, 0.25) is 6.04 Å². The molecule has 0 rings (SSSR count). The molecule has 0 saturated heterocycles. The molecular formula is C8H15Cl2NOSi. The van der Waals surface area contributed by atoms with E-state index < -0.39 is 7.42 Å². The first-order valence-electron chi connectivity index (χ1n) is 4.55. The molecule has 2 nitrogen and oxygen atoms in total. The lowest BCUT2D eigenvalue weighted by molar-refractivity contribution is 0.534. The van der Waals surface area contributed by atoms with E-state index in [9.17, 15) is 4.79 Å². The molecule has 0 saturated carbocycles. The average molecular weight is 240 g/mol. The number of isocyanates is 1. The summed E-state index contributed by atoms with van der Waals surface area (Å²) in [5, 5.41) is 0. The van der Waals surface area contributed by atoms with E-state index in [1.54, 1.807) is 6.08 Å². The first-order chi connectivity index (χ1) is 6.20. The largest absolute Gasteiger partial charge is 0.237 e. The molecule has 0 radical (unpaired) electrons. The molecule has 0 aliphatic carbocycles. The maximum absolute atomic E-state index is 10.1. The Labute approximate surface area is 90.3 Å². The Morgan fingerprint density at radius 2 is 2.15 bits per heavy atom. The normalized spacial score (nSPS) is 12.6. The summed E-state index contributed by atoms with van der Waals surface area (Å²) < 4.78 is 0. The molecule has 0 bridgehead atoms. The van der Waals surface area contributed by atoms with Crippen LogP contribution in [0.3, 0.4) is 0 Å². The zero-order valence-corrected chi connectivity index (χ0v) is 10.5. The number of hydrogen-bond acceptors (Lipinski definition) is 2. The van der Waals surface area contributed by atoms with Crippen LogP contribution in [0, 0.1) is 0 Å². The molecule has 0 aromatic heterocycles. The molecule has 1 unspecified atom stereocenters. The van der Waals surface area contributed by atoms with Crippen LogP contribution in [0.5, 0.6) is 0 Å². The highest BCUT2D eigenvalue weighted by Gasteiger charge is 2.09. The van der Waals surface area contributed by atoms with Gasteiger partial charge < -0.3 is 0 Å². The van der Waals surface area contributed by atoms with Crippen molar-refractivity contribution in [3.63, 3.8) is 0 Å². The summed E-state index contributed by atoms with van der Waals surface area (Å²) in [6, 6.07) is 0.910. The standard InChI is InChI=1S/C8H15Cl2NOSi/c1-2-3-4-8(11-7-12)5-6-13(9)10/h8,13H,2-6H2,1H3. The summed E-state index contributed by atoms with van der Waals surface area (Å²) in [5.41, 5.74) is 0. The molecule has 0 aliphatic rings. The van der Waals surface area contributed by atoms with Gasteiger partial charge in [-0.3, -0.25) is 0 Å². The molecule has 0 fully saturated rings. The Kier molecular flexibility index (Phi) is 8.88. The Bertz CT molecular complexity index is 172. The Balaban J connectivity index is 3.73. The number of hydrogen-bond donors (Lipinski definition) is 0. The van der Waals surface area contributed by atoms with Gasteiger partial charge in [-0.2, -0.15) is 22.2 Å². The molecule has 5 heteroatoms. The molecule has 0 aromatic rings. The fourth-order valence-electron chi connectivity index (χ4n) is 1.11.